The SMILES string of the molecule is CCOC(=O)C(=C/C(=C/N(C)C)OCC)C(=O)OCC. The van der Waals surface area contributed by atoms with E-state index >= 15 is 0 Å². The maximum atomic E-state index is 11.8. The molecule has 0 aliphatic heterocycles. The van der Waals surface area contributed by atoms with Gasteiger partial charge >= 0.3 is 11.9 Å². The van der Waals surface area contributed by atoms with E-state index in [1.54, 1.807) is 39.0 Å². The summed E-state index contributed by atoms with van der Waals surface area (Å²) in [6.07, 6.45) is 2.99. The Hall–Kier alpha value is -1.98. The third-order valence-electron chi connectivity index (χ3n) is 1.97. The van der Waals surface area contributed by atoms with Crippen molar-refractivity contribution in [3.05, 3.63) is 23.6 Å². The Morgan fingerprint density at radius 2 is 1.35 bits per heavy atom. The maximum absolute atomic E-state index is 11.8. The van der Waals surface area contributed by atoms with Crippen LogP contribution < -0.4 is 0 Å². The van der Waals surface area contributed by atoms with E-state index in [1.165, 1.54) is 6.08 Å². The lowest BCUT2D eigenvalue weighted by Crippen LogP contribution is -2.19. The fourth-order valence-corrected chi connectivity index (χ4v) is 1.30. The molecule has 114 valence electrons. The predicted octanol–water partition coefficient (Wildman–Crippen LogP) is 1.48. The summed E-state index contributed by atoms with van der Waals surface area (Å²) in [5.74, 6) is -1.07. The summed E-state index contributed by atoms with van der Waals surface area (Å²) in [6.45, 7) is 5.91. The number of hydrogen-bond donors (Lipinski definition) is 0. The molecule has 0 aromatic heterocycles. The van der Waals surface area contributed by atoms with E-state index < -0.39 is 11.9 Å². The second kappa shape index (κ2) is 9.89. The lowest BCUT2D eigenvalue weighted by atomic mass is 10.2. The summed E-state index contributed by atoms with van der Waals surface area (Å²) in [5, 5.41) is 0. The van der Waals surface area contributed by atoms with Gasteiger partial charge in [-0.1, -0.05) is 0 Å². The Labute approximate surface area is 120 Å². The standard InChI is InChI=1S/C14H23NO5/c1-6-18-11(10-15(4)5)9-12(13(16)19-7-2)14(17)20-8-3/h9-10H,6-8H2,1-5H3/b11-10-. The number of esters is 2. The number of allylic oxidation sites excluding steroid dienone is 1. The molecule has 0 aromatic carbocycles. The van der Waals surface area contributed by atoms with Crippen LogP contribution in [0.25, 0.3) is 0 Å². The third kappa shape index (κ3) is 6.82. The number of hydrogen-bond acceptors (Lipinski definition) is 6. The van der Waals surface area contributed by atoms with Crippen LogP contribution in [0.3, 0.4) is 0 Å². The fourth-order valence-electron chi connectivity index (χ4n) is 1.30. The summed E-state index contributed by atoms with van der Waals surface area (Å²) in [7, 11) is 3.61. The maximum Gasteiger partial charge on any atom is 0.345 e. The largest absolute Gasteiger partial charge is 0.492 e. The molecule has 6 nitrogen and oxygen atoms in total. The van der Waals surface area contributed by atoms with Gasteiger partial charge in [0.1, 0.15) is 11.3 Å². The summed E-state index contributed by atoms with van der Waals surface area (Å²) >= 11 is 0. The first-order chi connectivity index (χ1) is 9.46. The van der Waals surface area contributed by atoms with Gasteiger partial charge in [0.2, 0.25) is 0 Å². The molecule has 0 unspecified atom stereocenters. The monoisotopic (exact) mass is 285 g/mol. The van der Waals surface area contributed by atoms with Crippen molar-refractivity contribution in [1.29, 1.82) is 0 Å². The summed E-state index contributed by atoms with van der Waals surface area (Å²) in [6, 6.07) is 0. The van der Waals surface area contributed by atoms with E-state index in [-0.39, 0.29) is 18.8 Å². The highest BCUT2D eigenvalue weighted by Gasteiger charge is 2.21. The van der Waals surface area contributed by atoms with Crippen LogP contribution in [0, 0.1) is 0 Å². The van der Waals surface area contributed by atoms with Crippen molar-refractivity contribution < 1.29 is 23.8 Å². The van der Waals surface area contributed by atoms with Crippen molar-refractivity contribution in [2.45, 2.75) is 20.8 Å². The van der Waals surface area contributed by atoms with Gasteiger partial charge in [0.05, 0.1) is 19.8 Å². The Bertz CT molecular complexity index is 365. The molecule has 0 aromatic rings. The summed E-state index contributed by atoms with van der Waals surface area (Å²) in [4.78, 5) is 25.3. The van der Waals surface area contributed by atoms with Crippen LogP contribution in [0.5, 0.6) is 0 Å². The van der Waals surface area contributed by atoms with Crippen molar-refractivity contribution in [3.63, 3.8) is 0 Å². The number of ether oxygens (including phenoxy) is 3. The predicted molar refractivity (Wildman–Crippen MR) is 74.7 cm³/mol. The molecule has 0 heterocycles. The van der Waals surface area contributed by atoms with E-state index in [2.05, 4.69) is 0 Å². The molecule has 0 rings (SSSR count). The van der Waals surface area contributed by atoms with Gasteiger partial charge < -0.3 is 19.1 Å². The Balaban J connectivity index is 5.39. The van der Waals surface area contributed by atoms with E-state index in [9.17, 15) is 9.59 Å². The molecule has 0 aliphatic carbocycles. The number of carbonyl (C=O) groups excluding carboxylic acids is 2. The van der Waals surface area contributed by atoms with Crippen LogP contribution in [0.15, 0.2) is 23.6 Å². The van der Waals surface area contributed by atoms with E-state index in [1.807, 2.05) is 6.92 Å². The molecule has 0 amide bonds. The van der Waals surface area contributed by atoms with Crippen LogP contribution in [0.1, 0.15) is 20.8 Å². The Kier molecular flexibility index (Phi) is 8.91. The van der Waals surface area contributed by atoms with Crippen LogP contribution in [0.4, 0.5) is 0 Å². The fraction of sp³-hybridized carbons (Fsp3) is 0.571. The van der Waals surface area contributed by atoms with Gasteiger partial charge in [-0.15, -0.1) is 0 Å². The van der Waals surface area contributed by atoms with Crippen LogP contribution in [0.2, 0.25) is 0 Å². The smallest absolute Gasteiger partial charge is 0.345 e. The van der Waals surface area contributed by atoms with Gasteiger partial charge in [-0.3, -0.25) is 0 Å². The van der Waals surface area contributed by atoms with Crippen molar-refractivity contribution in [1.82, 2.24) is 4.90 Å². The zero-order chi connectivity index (χ0) is 15.5. The third-order valence-corrected chi connectivity index (χ3v) is 1.97. The summed E-state index contributed by atoms with van der Waals surface area (Å²) < 4.78 is 15.1. The lowest BCUT2D eigenvalue weighted by Gasteiger charge is -2.11. The molecule has 0 N–H and O–H groups in total. The van der Waals surface area contributed by atoms with E-state index in [0.717, 1.165) is 0 Å². The van der Waals surface area contributed by atoms with Crippen molar-refractivity contribution in [2.75, 3.05) is 33.9 Å². The molecule has 0 saturated heterocycles. The molecule has 20 heavy (non-hydrogen) atoms. The van der Waals surface area contributed by atoms with Gasteiger partial charge in [0.15, 0.2) is 0 Å². The van der Waals surface area contributed by atoms with Crippen LogP contribution in [-0.2, 0) is 23.8 Å². The van der Waals surface area contributed by atoms with Crippen molar-refractivity contribution in [2.24, 2.45) is 0 Å². The molecule has 0 radical (unpaired) electrons. The Morgan fingerprint density at radius 3 is 1.70 bits per heavy atom. The number of rotatable bonds is 8. The van der Waals surface area contributed by atoms with Gasteiger partial charge in [0, 0.05) is 26.4 Å². The number of nitrogens with zero attached hydrogens (tertiary/aromatic N) is 1. The van der Waals surface area contributed by atoms with Crippen molar-refractivity contribution in [3.8, 4) is 0 Å². The van der Waals surface area contributed by atoms with Gasteiger partial charge in [-0.2, -0.15) is 0 Å². The zero-order valence-corrected chi connectivity index (χ0v) is 12.8. The second-order valence-electron chi connectivity index (χ2n) is 3.93. The number of carbonyl (C=O) groups is 2. The molecule has 0 atom stereocenters. The Morgan fingerprint density at radius 1 is 0.900 bits per heavy atom. The van der Waals surface area contributed by atoms with Gasteiger partial charge in [0.25, 0.3) is 0 Å². The first kappa shape index (κ1) is 18.0. The normalized spacial score (nSPS) is 10.6. The molecule has 0 fully saturated rings. The highest BCUT2D eigenvalue weighted by Crippen LogP contribution is 2.10. The minimum Gasteiger partial charge on any atom is -0.492 e. The highest BCUT2D eigenvalue weighted by molar-refractivity contribution is 6.14. The lowest BCUT2D eigenvalue weighted by molar-refractivity contribution is -0.146. The van der Waals surface area contributed by atoms with Crippen LogP contribution in [-0.4, -0.2) is 50.8 Å². The van der Waals surface area contributed by atoms with Crippen LogP contribution >= 0.6 is 0 Å². The molecular weight excluding hydrogens is 262 g/mol. The quantitative estimate of drug-likeness (QED) is 0.168. The van der Waals surface area contributed by atoms with Crippen molar-refractivity contribution >= 4 is 11.9 Å². The average Bonchev–Trinajstić information content (AvgIpc) is 2.35. The molecule has 0 saturated carbocycles. The van der Waals surface area contributed by atoms with Gasteiger partial charge in [-0.05, 0) is 20.8 Å². The summed E-state index contributed by atoms with van der Waals surface area (Å²) in [5.41, 5.74) is -0.185. The average molecular weight is 285 g/mol. The molecule has 0 bridgehead atoms. The first-order valence-electron chi connectivity index (χ1n) is 6.53. The molecule has 0 spiro atoms. The molecule has 0 aliphatic rings. The highest BCUT2D eigenvalue weighted by atomic mass is 16.6. The van der Waals surface area contributed by atoms with E-state index in [0.29, 0.717) is 12.4 Å². The first-order valence-corrected chi connectivity index (χ1v) is 6.53. The minimum atomic E-state index is -0.727. The second-order valence-corrected chi connectivity index (χ2v) is 3.93. The molecule has 6 heteroatoms. The van der Waals surface area contributed by atoms with E-state index in [4.69, 9.17) is 14.2 Å². The van der Waals surface area contributed by atoms with Gasteiger partial charge in [-0.25, -0.2) is 9.59 Å². The zero-order valence-electron chi connectivity index (χ0n) is 12.8. The minimum absolute atomic E-state index is 0.178. The molecular formula is C14H23NO5. The topological polar surface area (TPSA) is 65.1 Å².